The normalized spacial score (nSPS) is 19.7. The number of anilines is 2. The van der Waals surface area contributed by atoms with Crippen molar-refractivity contribution < 1.29 is 14.4 Å². The second-order valence-electron chi connectivity index (χ2n) is 7.85. The van der Waals surface area contributed by atoms with Gasteiger partial charge >= 0.3 is 0 Å². The van der Waals surface area contributed by atoms with E-state index in [0.717, 1.165) is 13.1 Å². The Bertz CT molecular complexity index is 679. The molecule has 1 heterocycles. The topological polar surface area (TPSA) is 81.8 Å². The molecule has 0 spiro atoms. The molecule has 154 valence electrons. The van der Waals surface area contributed by atoms with Gasteiger partial charge in [-0.05, 0) is 49.4 Å². The van der Waals surface area contributed by atoms with Crippen molar-refractivity contribution in [3.05, 3.63) is 24.3 Å². The van der Waals surface area contributed by atoms with E-state index in [1.165, 1.54) is 13.3 Å². The average molecular weight is 389 g/mol. The van der Waals surface area contributed by atoms with E-state index in [1.54, 1.807) is 29.2 Å². The molecule has 0 radical (unpaired) electrons. The monoisotopic (exact) mass is 388 g/mol. The van der Waals surface area contributed by atoms with Crippen molar-refractivity contribution in [2.45, 2.75) is 34.1 Å². The average Bonchev–Trinajstić information content (AvgIpc) is 2.60. The first-order chi connectivity index (χ1) is 13.3. The maximum atomic E-state index is 12.7. The summed E-state index contributed by atoms with van der Waals surface area (Å²) in [5.74, 6) is 0.792. The number of nitrogens with one attached hydrogen (secondary N) is 2. The van der Waals surface area contributed by atoms with Crippen molar-refractivity contribution >= 4 is 29.1 Å². The molecule has 1 saturated heterocycles. The quantitative estimate of drug-likeness (QED) is 0.752. The minimum atomic E-state index is -0.233. The van der Waals surface area contributed by atoms with E-state index in [4.69, 9.17) is 0 Å². The molecule has 2 atom stereocenters. The van der Waals surface area contributed by atoms with Crippen LogP contribution in [-0.4, -0.2) is 60.2 Å². The van der Waals surface area contributed by atoms with Crippen LogP contribution in [0.5, 0.6) is 0 Å². The number of amides is 3. The number of likely N-dealkylation sites (tertiary alicyclic amines) is 1. The third-order valence-electron chi connectivity index (χ3n) is 4.86. The first-order valence-corrected chi connectivity index (χ1v) is 9.94. The summed E-state index contributed by atoms with van der Waals surface area (Å²) < 4.78 is 0. The molecule has 0 saturated carbocycles. The lowest BCUT2D eigenvalue weighted by Gasteiger charge is -2.35. The Labute approximate surface area is 167 Å². The summed E-state index contributed by atoms with van der Waals surface area (Å²) in [7, 11) is 0. The van der Waals surface area contributed by atoms with Gasteiger partial charge in [0.15, 0.2) is 0 Å². The highest BCUT2D eigenvalue weighted by atomic mass is 16.2. The third-order valence-corrected chi connectivity index (χ3v) is 4.86. The van der Waals surface area contributed by atoms with Crippen LogP contribution in [0.2, 0.25) is 0 Å². The molecule has 0 aliphatic carbocycles. The molecule has 1 aromatic carbocycles. The zero-order valence-electron chi connectivity index (χ0n) is 17.3. The third kappa shape index (κ3) is 6.96. The molecule has 28 heavy (non-hydrogen) atoms. The number of hydrogen-bond donors (Lipinski definition) is 2. The van der Waals surface area contributed by atoms with E-state index in [0.29, 0.717) is 36.3 Å². The number of nitrogens with zero attached hydrogens (tertiary/aromatic N) is 2. The van der Waals surface area contributed by atoms with Crippen LogP contribution >= 0.6 is 0 Å². The van der Waals surface area contributed by atoms with Gasteiger partial charge < -0.3 is 15.5 Å². The molecule has 1 fully saturated rings. The SMILES string of the molecule is CCN(CC(=O)Nc1ccc(NC(C)=O)cc1)C(=O)CN1C[C@@H](C)C[C@H](C)C1. The predicted octanol–water partition coefficient (Wildman–Crippen LogP) is 2.41. The van der Waals surface area contributed by atoms with Gasteiger partial charge in [0.2, 0.25) is 17.7 Å². The Balaban J connectivity index is 1.86. The summed E-state index contributed by atoms with van der Waals surface area (Å²) in [6, 6.07) is 6.88. The molecule has 1 aromatic rings. The Kier molecular flexibility index (Phi) is 7.99. The molecule has 2 N–H and O–H groups in total. The zero-order valence-corrected chi connectivity index (χ0v) is 17.3. The van der Waals surface area contributed by atoms with Crippen LogP contribution in [0, 0.1) is 11.8 Å². The fourth-order valence-corrected chi connectivity index (χ4v) is 3.80. The minimum absolute atomic E-state index is 0.0139. The fourth-order valence-electron chi connectivity index (χ4n) is 3.80. The summed E-state index contributed by atoms with van der Waals surface area (Å²) in [4.78, 5) is 39.8. The van der Waals surface area contributed by atoms with Gasteiger partial charge in [-0.2, -0.15) is 0 Å². The molecule has 7 nitrogen and oxygen atoms in total. The van der Waals surface area contributed by atoms with Crippen LogP contribution in [0.3, 0.4) is 0 Å². The van der Waals surface area contributed by atoms with Gasteiger partial charge in [-0.25, -0.2) is 0 Å². The van der Waals surface area contributed by atoms with E-state index in [2.05, 4.69) is 29.4 Å². The molecular weight excluding hydrogens is 356 g/mol. The van der Waals surface area contributed by atoms with Crippen LogP contribution in [0.4, 0.5) is 11.4 Å². The number of likely N-dealkylation sites (N-methyl/N-ethyl adjacent to an activating group) is 1. The number of benzene rings is 1. The van der Waals surface area contributed by atoms with Gasteiger partial charge in [0.05, 0.1) is 13.1 Å². The van der Waals surface area contributed by atoms with Gasteiger partial charge in [-0.1, -0.05) is 13.8 Å². The second kappa shape index (κ2) is 10.2. The maximum Gasteiger partial charge on any atom is 0.243 e. The lowest BCUT2D eigenvalue weighted by atomic mass is 9.92. The molecule has 7 heteroatoms. The van der Waals surface area contributed by atoms with E-state index in [9.17, 15) is 14.4 Å². The molecule has 1 aliphatic heterocycles. The van der Waals surface area contributed by atoms with E-state index >= 15 is 0 Å². The zero-order chi connectivity index (χ0) is 20.7. The summed E-state index contributed by atoms with van der Waals surface area (Å²) in [6.45, 7) is 10.5. The lowest BCUT2D eigenvalue weighted by molar-refractivity contribution is -0.136. The fraction of sp³-hybridized carbons (Fsp3) is 0.571. The summed E-state index contributed by atoms with van der Waals surface area (Å²) in [5, 5.41) is 5.48. The number of hydrogen-bond acceptors (Lipinski definition) is 4. The Morgan fingerprint density at radius 3 is 2.07 bits per heavy atom. The molecular formula is C21H32N4O3. The van der Waals surface area contributed by atoms with Gasteiger partial charge in [-0.15, -0.1) is 0 Å². The van der Waals surface area contributed by atoms with E-state index < -0.39 is 0 Å². The van der Waals surface area contributed by atoms with E-state index in [1.807, 2.05) is 6.92 Å². The van der Waals surface area contributed by atoms with Crippen molar-refractivity contribution in [3.8, 4) is 0 Å². The summed E-state index contributed by atoms with van der Waals surface area (Å²) in [6.07, 6.45) is 1.20. The van der Waals surface area contributed by atoms with Crippen molar-refractivity contribution in [3.63, 3.8) is 0 Å². The van der Waals surface area contributed by atoms with Gasteiger partial charge in [0.25, 0.3) is 0 Å². The Morgan fingerprint density at radius 2 is 1.57 bits per heavy atom. The number of piperidine rings is 1. The minimum Gasteiger partial charge on any atom is -0.333 e. The molecule has 0 aromatic heterocycles. The van der Waals surface area contributed by atoms with Gasteiger partial charge in [-0.3, -0.25) is 19.3 Å². The Morgan fingerprint density at radius 1 is 1.04 bits per heavy atom. The summed E-state index contributed by atoms with van der Waals surface area (Å²) >= 11 is 0. The van der Waals surface area contributed by atoms with E-state index in [-0.39, 0.29) is 24.3 Å². The van der Waals surface area contributed by atoms with Crippen LogP contribution < -0.4 is 10.6 Å². The van der Waals surface area contributed by atoms with Crippen LogP contribution in [0.25, 0.3) is 0 Å². The lowest BCUT2D eigenvalue weighted by Crippen LogP contribution is -2.47. The van der Waals surface area contributed by atoms with Gasteiger partial charge in [0.1, 0.15) is 0 Å². The smallest absolute Gasteiger partial charge is 0.243 e. The highest BCUT2D eigenvalue weighted by molar-refractivity contribution is 5.95. The molecule has 1 aliphatic rings. The van der Waals surface area contributed by atoms with Crippen LogP contribution in [-0.2, 0) is 14.4 Å². The number of carbonyl (C=O) groups is 3. The first kappa shape index (κ1) is 21.9. The maximum absolute atomic E-state index is 12.7. The standard InChI is InChI=1S/C21H32N4O3/c1-5-25(21(28)14-24-11-15(2)10-16(3)12-24)13-20(27)23-19-8-6-18(7-9-19)22-17(4)26/h6-9,15-16H,5,10-14H2,1-4H3,(H,22,26)(H,23,27)/t15-,16-/m0/s1. The van der Waals surface area contributed by atoms with Crippen molar-refractivity contribution in [1.29, 1.82) is 0 Å². The largest absolute Gasteiger partial charge is 0.333 e. The van der Waals surface area contributed by atoms with Crippen molar-refractivity contribution in [2.75, 3.05) is 43.4 Å². The van der Waals surface area contributed by atoms with Crippen molar-refractivity contribution in [2.24, 2.45) is 11.8 Å². The highest BCUT2D eigenvalue weighted by Gasteiger charge is 2.25. The molecule has 0 unspecified atom stereocenters. The molecule has 3 amide bonds. The van der Waals surface area contributed by atoms with Crippen LogP contribution in [0.1, 0.15) is 34.1 Å². The van der Waals surface area contributed by atoms with Crippen molar-refractivity contribution in [1.82, 2.24) is 9.80 Å². The Hall–Kier alpha value is -2.41. The summed E-state index contributed by atoms with van der Waals surface area (Å²) in [5.41, 5.74) is 1.29. The van der Waals surface area contributed by atoms with Gasteiger partial charge in [0, 0.05) is 37.9 Å². The highest BCUT2D eigenvalue weighted by Crippen LogP contribution is 2.20. The molecule has 2 rings (SSSR count). The molecule has 0 bridgehead atoms. The first-order valence-electron chi connectivity index (χ1n) is 9.94. The predicted molar refractivity (Wildman–Crippen MR) is 111 cm³/mol. The number of rotatable bonds is 7. The second-order valence-corrected chi connectivity index (χ2v) is 7.85. The van der Waals surface area contributed by atoms with Crippen LogP contribution in [0.15, 0.2) is 24.3 Å². The number of carbonyl (C=O) groups excluding carboxylic acids is 3.